The van der Waals surface area contributed by atoms with Crippen LogP contribution in [0.4, 0.5) is 5.69 Å². The minimum Gasteiger partial charge on any atom is -0.482 e. The van der Waals surface area contributed by atoms with Gasteiger partial charge >= 0.3 is 0 Å². The first-order valence-electron chi connectivity index (χ1n) is 8.48. The third-order valence-corrected chi connectivity index (χ3v) is 4.65. The molecule has 0 aliphatic carbocycles. The molecule has 1 amide bonds. The molecular weight excluding hydrogens is 322 g/mol. The van der Waals surface area contributed by atoms with Crippen molar-refractivity contribution in [3.05, 3.63) is 36.0 Å². The van der Waals surface area contributed by atoms with Gasteiger partial charge in [0.05, 0.1) is 11.7 Å². The number of piperazine rings is 1. The summed E-state index contributed by atoms with van der Waals surface area (Å²) in [6.07, 6.45) is 0.511. The highest BCUT2D eigenvalue weighted by atomic mass is 16.5. The van der Waals surface area contributed by atoms with E-state index in [1.807, 2.05) is 24.3 Å². The third kappa shape index (κ3) is 3.22. The maximum absolute atomic E-state index is 12.2. The summed E-state index contributed by atoms with van der Waals surface area (Å²) in [6.45, 7) is 3.28. The Hall–Kier alpha value is -2.45. The Morgan fingerprint density at radius 1 is 1.36 bits per heavy atom. The average Bonchev–Trinajstić information content (AvgIpc) is 3.10. The zero-order valence-corrected chi connectivity index (χ0v) is 14.1. The van der Waals surface area contributed by atoms with Gasteiger partial charge in [-0.1, -0.05) is 17.3 Å². The van der Waals surface area contributed by atoms with Crippen LogP contribution in [0.2, 0.25) is 0 Å². The number of carbonyl (C=O) groups excluding carboxylic acids is 1. The molecule has 3 heterocycles. The summed E-state index contributed by atoms with van der Waals surface area (Å²) >= 11 is 0. The molecule has 25 heavy (non-hydrogen) atoms. The van der Waals surface area contributed by atoms with Gasteiger partial charge < -0.3 is 19.5 Å². The Morgan fingerprint density at radius 2 is 2.24 bits per heavy atom. The maximum atomic E-state index is 12.2. The number of fused-ring (bicyclic) bond motifs is 1. The normalized spacial score (nSPS) is 21.1. The van der Waals surface area contributed by atoms with Crippen LogP contribution in [0.1, 0.15) is 17.8 Å². The number of nitrogens with one attached hydrogen (secondary N) is 1. The van der Waals surface area contributed by atoms with Crippen LogP contribution in [-0.2, 0) is 11.2 Å². The molecule has 0 bridgehead atoms. The summed E-state index contributed by atoms with van der Waals surface area (Å²) < 4.78 is 10.9. The number of hydrogen-bond donors (Lipinski definition) is 1. The van der Waals surface area contributed by atoms with Gasteiger partial charge in [0.1, 0.15) is 5.75 Å². The summed E-state index contributed by atoms with van der Waals surface area (Å²) in [5, 5.41) is 7.46. The number of aromatic nitrogens is 2. The number of carbonyl (C=O) groups is 1. The van der Waals surface area contributed by atoms with Crippen molar-refractivity contribution in [2.45, 2.75) is 12.5 Å². The molecule has 2 aromatic rings. The van der Waals surface area contributed by atoms with E-state index >= 15 is 0 Å². The van der Waals surface area contributed by atoms with E-state index in [4.69, 9.17) is 9.26 Å². The summed E-state index contributed by atoms with van der Waals surface area (Å²) in [6, 6.07) is 7.66. The first kappa shape index (κ1) is 16.0. The highest BCUT2D eigenvalue weighted by Crippen LogP contribution is 2.31. The average molecular weight is 343 g/mol. The SMILES string of the molecule is CN1CCNCC1c1noc(CCN2C(=O)COc3ccccc32)n1. The first-order valence-corrected chi connectivity index (χ1v) is 8.48. The van der Waals surface area contributed by atoms with E-state index in [0.29, 0.717) is 24.7 Å². The summed E-state index contributed by atoms with van der Waals surface area (Å²) in [5.74, 6) is 1.90. The molecule has 0 spiro atoms. The fraction of sp³-hybridized carbons (Fsp3) is 0.471. The number of hydrogen-bond acceptors (Lipinski definition) is 7. The van der Waals surface area contributed by atoms with Gasteiger partial charge in [-0.2, -0.15) is 4.98 Å². The van der Waals surface area contributed by atoms with Gasteiger partial charge in [0, 0.05) is 32.6 Å². The van der Waals surface area contributed by atoms with Crippen LogP contribution >= 0.6 is 0 Å². The van der Waals surface area contributed by atoms with Crippen LogP contribution in [-0.4, -0.2) is 60.8 Å². The van der Waals surface area contributed by atoms with Crippen LogP contribution in [0.3, 0.4) is 0 Å². The minimum absolute atomic E-state index is 0.0602. The second-order valence-electron chi connectivity index (χ2n) is 6.30. The van der Waals surface area contributed by atoms with E-state index in [1.54, 1.807) is 4.90 Å². The minimum atomic E-state index is -0.0605. The number of para-hydroxylation sites is 2. The number of amides is 1. The molecule has 1 N–H and O–H groups in total. The zero-order chi connectivity index (χ0) is 17.2. The molecule has 2 aliphatic rings. The lowest BCUT2D eigenvalue weighted by molar-refractivity contribution is -0.121. The standard InChI is InChI=1S/C17H21N5O3/c1-21-9-7-18-10-13(21)17-19-15(25-20-17)6-8-22-12-4-2-3-5-14(12)24-11-16(22)23/h2-5,13,18H,6-11H2,1H3. The topological polar surface area (TPSA) is 83.7 Å². The van der Waals surface area contributed by atoms with Crippen molar-refractivity contribution in [1.82, 2.24) is 20.4 Å². The Labute approximate surface area is 145 Å². The monoisotopic (exact) mass is 343 g/mol. The van der Waals surface area contributed by atoms with Crippen LogP contribution in [0.15, 0.2) is 28.8 Å². The first-order chi connectivity index (χ1) is 12.2. The number of benzene rings is 1. The van der Waals surface area contributed by atoms with E-state index in [1.165, 1.54) is 0 Å². The lowest BCUT2D eigenvalue weighted by atomic mass is 10.2. The number of ether oxygens (including phenoxy) is 1. The Morgan fingerprint density at radius 3 is 3.12 bits per heavy atom. The van der Waals surface area contributed by atoms with E-state index in [9.17, 15) is 4.79 Å². The molecule has 132 valence electrons. The third-order valence-electron chi connectivity index (χ3n) is 4.65. The molecule has 1 aromatic heterocycles. The quantitative estimate of drug-likeness (QED) is 0.871. The Bertz CT molecular complexity index is 762. The van der Waals surface area contributed by atoms with E-state index < -0.39 is 0 Å². The van der Waals surface area contributed by atoms with Gasteiger partial charge in [-0.05, 0) is 19.2 Å². The molecule has 1 saturated heterocycles. The van der Waals surface area contributed by atoms with Crippen LogP contribution in [0, 0.1) is 0 Å². The van der Waals surface area contributed by atoms with Crippen molar-refractivity contribution in [3.8, 4) is 5.75 Å². The second kappa shape index (κ2) is 6.81. The van der Waals surface area contributed by atoms with Crippen LogP contribution < -0.4 is 15.0 Å². The van der Waals surface area contributed by atoms with E-state index in [2.05, 4.69) is 27.4 Å². The maximum Gasteiger partial charge on any atom is 0.265 e. The highest BCUT2D eigenvalue weighted by Gasteiger charge is 2.27. The number of anilines is 1. The van der Waals surface area contributed by atoms with Crippen molar-refractivity contribution >= 4 is 11.6 Å². The number of likely N-dealkylation sites (N-methyl/N-ethyl adjacent to an activating group) is 1. The molecule has 1 aromatic carbocycles. The molecule has 1 unspecified atom stereocenters. The molecule has 0 saturated carbocycles. The van der Waals surface area contributed by atoms with Gasteiger partial charge in [-0.25, -0.2) is 0 Å². The molecule has 8 nitrogen and oxygen atoms in total. The Kier molecular flexibility index (Phi) is 4.37. The predicted molar refractivity (Wildman–Crippen MR) is 90.5 cm³/mol. The molecule has 1 atom stereocenters. The lowest BCUT2D eigenvalue weighted by Gasteiger charge is -2.30. The van der Waals surface area contributed by atoms with Gasteiger partial charge in [0.2, 0.25) is 5.89 Å². The summed E-state index contributed by atoms with van der Waals surface area (Å²) in [4.78, 5) is 20.6. The van der Waals surface area contributed by atoms with Gasteiger partial charge in [0.15, 0.2) is 12.4 Å². The molecule has 2 aliphatic heterocycles. The number of nitrogens with zero attached hydrogens (tertiary/aromatic N) is 4. The number of rotatable bonds is 4. The largest absolute Gasteiger partial charge is 0.482 e. The molecule has 4 rings (SSSR count). The molecular formula is C17H21N5O3. The molecule has 1 fully saturated rings. The van der Waals surface area contributed by atoms with Crippen molar-refractivity contribution in [3.63, 3.8) is 0 Å². The zero-order valence-electron chi connectivity index (χ0n) is 14.1. The van der Waals surface area contributed by atoms with Crippen molar-refractivity contribution in [2.75, 3.05) is 44.7 Å². The van der Waals surface area contributed by atoms with Crippen molar-refractivity contribution < 1.29 is 14.1 Å². The predicted octanol–water partition coefficient (Wildman–Crippen LogP) is 0.614. The van der Waals surface area contributed by atoms with Crippen molar-refractivity contribution in [2.24, 2.45) is 0 Å². The Balaban J connectivity index is 1.44. The van der Waals surface area contributed by atoms with Crippen LogP contribution in [0.5, 0.6) is 5.75 Å². The second-order valence-corrected chi connectivity index (χ2v) is 6.30. The fourth-order valence-electron chi connectivity index (χ4n) is 3.21. The van der Waals surface area contributed by atoms with Crippen LogP contribution in [0.25, 0.3) is 0 Å². The summed E-state index contributed by atoms with van der Waals surface area (Å²) in [7, 11) is 2.06. The molecule has 0 radical (unpaired) electrons. The highest BCUT2D eigenvalue weighted by molar-refractivity contribution is 5.97. The summed E-state index contributed by atoms with van der Waals surface area (Å²) in [5.41, 5.74) is 0.787. The van der Waals surface area contributed by atoms with Gasteiger partial charge in [0.25, 0.3) is 5.91 Å². The fourth-order valence-corrected chi connectivity index (χ4v) is 3.21. The van der Waals surface area contributed by atoms with Crippen molar-refractivity contribution in [1.29, 1.82) is 0 Å². The molecule has 8 heteroatoms. The van der Waals surface area contributed by atoms with Gasteiger partial charge in [-0.3, -0.25) is 9.69 Å². The van der Waals surface area contributed by atoms with E-state index in [-0.39, 0.29) is 18.6 Å². The van der Waals surface area contributed by atoms with E-state index in [0.717, 1.165) is 31.1 Å². The lowest BCUT2D eigenvalue weighted by Crippen LogP contribution is -2.44. The van der Waals surface area contributed by atoms with Gasteiger partial charge in [-0.15, -0.1) is 0 Å². The smallest absolute Gasteiger partial charge is 0.265 e.